The molecule has 0 saturated carbocycles. The van der Waals surface area contributed by atoms with Gasteiger partial charge in [-0.2, -0.15) is 0 Å². The topological polar surface area (TPSA) is 29.5 Å². The van der Waals surface area contributed by atoms with Gasteiger partial charge in [0.15, 0.2) is 0 Å². The molecule has 0 unspecified atom stereocenters. The van der Waals surface area contributed by atoms with Crippen LogP contribution in [0.25, 0.3) is 98.8 Å². The van der Waals surface area contributed by atoms with Crippen molar-refractivity contribution >= 4 is 82.5 Å². The predicted octanol–water partition coefficient (Wildman–Crippen LogP) is 17.0. The summed E-state index contributed by atoms with van der Waals surface area (Å²) in [5.74, 6) is 0. The molecule has 2 heterocycles. The molecule has 2 aromatic heterocycles. The first-order chi connectivity index (χ1) is 30.8. The van der Waals surface area contributed by atoms with Crippen molar-refractivity contribution in [2.24, 2.45) is 0 Å². The summed E-state index contributed by atoms with van der Waals surface area (Å²) in [4.78, 5) is 2.51. The number of hydrogen-bond acceptors (Lipinski definition) is 3. The molecular weight excluding hydrogens is 767 g/mol. The number of fused-ring (bicyclic) bond motifs is 12. The van der Waals surface area contributed by atoms with Crippen LogP contribution in [0, 0.1) is 0 Å². The number of hydrogen-bond donors (Lipinski definition) is 0. The Hall–Kier alpha value is -7.62. The summed E-state index contributed by atoms with van der Waals surface area (Å²) in [6, 6.07) is 64.8. The Balaban J connectivity index is 1.01. The molecule has 0 saturated heterocycles. The Kier molecular flexibility index (Phi) is 6.70. The van der Waals surface area contributed by atoms with Crippen LogP contribution in [0.4, 0.5) is 17.1 Å². The molecule has 0 N–H and O–H groups in total. The van der Waals surface area contributed by atoms with Gasteiger partial charge in [0.05, 0.1) is 16.8 Å². The zero-order valence-electron chi connectivity index (χ0n) is 35.5. The third-order valence-corrected chi connectivity index (χ3v) is 14.8. The molecule has 10 aromatic carbocycles. The second-order valence-corrected chi connectivity index (χ2v) is 18.8. The second kappa shape index (κ2) is 12.1. The van der Waals surface area contributed by atoms with Crippen molar-refractivity contribution in [3.05, 3.63) is 198 Å². The maximum Gasteiger partial charge on any atom is 0.137 e. The maximum atomic E-state index is 6.96. The lowest BCUT2D eigenvalue weighted by Crippen LogP contribution is -2.17. The van der Waals surface area contributed by atoms with Crippen molar-refractivity contribution < 1.29 is 8.83 Å². The normalized spacial score (nSPS) is 14.6. The second-order valence-electron chi connectivity index (χ2n) is 18.8. The molecule has 298 valence electrons. The molecule has 14 rings (SSSR count). The maximum absolute atomic E-state index is 6.96. The van der Waals surface area contributed by atoms with Gasteiger partial charge in [-0.1, -0.05) is 149 Å². The van der Waals surface area contributed by atoms with Gasteiger partial charge in [0.2, 0.25) is 0 Å². The highest BCUT2D eigenvalue weighted by atomic mass is 16.3. The van der Waals surface area contributed by atoms with Gasteiger partial charge >= 0.3 is 0 Å². The van der Waals surface area contributed by atoms with Gasteiger partial charge < -0.3 is 13.7 Å². The van der Waals surface area contributed by atoms with E-state index in [4.69, 9.17) is 8.83 Å². The Bertz CT molecular complexity index is 3930. The monoisotopic (exact) mass is 807 g/mol. The third kappa shape index (κ3) is 4.49. The van der Waals surface area contributed by atoms with Crippen LogP contribution in [-0.4, -0.2) is 0 Å². The minimum absolute atomic E-state index is 0.145. The third-order valence-electron chi connectivity index (χ3n) is 14.8. The quantitative estimate of drug-likeness (QED) is 0.166. The largest absolute Gasteiger partial charge is 0.456 e. The number of rotatable bonds is 4. The minimum atomic E-state index is -0.153. The number of anilines is 3. The smallest absolute Gasteiger partial charge is 0.137 e. The molecule has 0 atom stereocenters. The van der Waals surface area contributed by atoms with E-state index in [-0.39, 0.29) is 10.8 Å². The van der Waals surface area contributed by atoms with Gasteiger partial charge in [0, 0.05) is 38.2 Å². The van der Waals surface area contributed by atoms with Gasteiger partial charge in [0.1, 0.15) is 22.3 Å². The fraction of sp³-hybridized carbons (Fsp3) is 0.100. The number of nitrogens with zero attached hydrogens (tertiary/aromatic N) is 1. The summed E-state index contributed by atoms with van der Waals surface area (Å²) in [6.07, 6.45) is 0. The summed E-state index contributed by atoms with van der Waals surface area (Å²) in [5.41, 5.74) is 19.6. The molecule has 2 aliphatic rings. The van der Waals surface area contributed by atoms with E-state index in [2.05, 4.69) is 209 Å². The van der Waals surface area contributed by atoms with Gasteiger partial charge in [-0.15, -0.1) is 0 Å². The molecule has 0 fully saturated rings. The van der Waals surface area contributed by atoms with Gasteiger partial charge in [0.25, 0.3) is 0 Å². The van der Waals surface area contributed by atoms with Crippen molar-refractivity contribution in [2.75, 3.05) is 4.90 Å². The standard InChI is InChI=1S/C60H41NO2/c1-59(2)45-21-8-6-15-41(45)55-46(59)22-12-23-48(55)61(35-29-31-38-37-14-5-7-20-44(37)60(3,4)47(38)33-35)49-24-13-27-50-56(49)42-30-28-34(32-53(42)63-50)36-16-9-17-39-40-18-10-25-51-57(40)58-43(54(36)39)19-11-26-52(58)62-51/h5-33H,1-4H3. The molecule has 12 aromatic rings. The van der Waals surface area contributed by atoms with Crippen molar-refractivity contribution in [2.45, 2.75) is 38.5 Å². The Morgan fingerprint density at radius 2 is 0.905 bits per heavy atom. The highest BCUT2D eigenvalue weighted by Crippen LogP contribution is 2.57. The van der Waals surface area contributed by atoms with E-state index >= 15 is 0 Å². The SMILES string of the molecule is CC1(C)c2ccccc2-c2ccc(N(c3cccc4c3-c3ccccc3C4(C)C)c3cccc4oc5cc(-c6cccc7c8cccc9oc%10cccc(c67)c%10c98)ccc5c34)cc21. The van der Waals surface area contributed by atoms with Crippen LogP contribution in [0.15, 0.2) is 185 Å². The van der Waals surface area contributed by atoms with Crippen LogP contribution in [0.1, 0.15) is 49.9 Å². The first-order valence-corrected chi connectivity index (χ1v) is 22.1. The molecule has 0 amide bonds. The van der Waals surface area contributed by atoms with Crippen LogP contribution in [0.5, 0.6) is 0 Å². The summed E-state index contributed by atoms with van der Waals surface area (Å²) in [7, 11) is 0. The Morgan fingerprint density at radius 1 is 0.349 bits per heavy atom. The van der Waals surface area contributed by atoms with E-state index in [9.17, 15) is 0 Å². The average Bonchev–Trinajstić information content (AvgIpc) is 4.02. The Morgan fingerprint density at radius 3 is 1.71 bits per heavy atom. The van der Waals surface area contributed by atoms with Gasteiger partial charge in [-0.3, -0.25) is 0 Å². The first-order valence-electron chi connectivity index (χ1n) is 22.1. The minimum Gasteiger partial charge on any atom is -0.456 e. The van der Waals surface area contributed by atoms with Crippen LogP contribution >= 0.6 is 0 Å². The molecule has 0 spiro atoms. The van der Waals surface area contributed by atoms with Crippen molar-refractivity contribution in [3.63, 3.8) is 0 Å². The lowest BCUT2D eigenvalue weighted by atomic mass is 9.82. The summed E-state index contributed by atoms with van der Waals surface area (Å²) < 4.78 is 13.4. The number of benzene rings is 10. The zero-order valence-corrected chi connectivity index (χ0v) is 35.5. The van der Waals surface area contributed by atoms with Crippen LogP contribution in [0.3, 0.4) is 0 Å². The summed E-state index contributed by atoms with van der Waals surface area (Å²) >= 11 is 0. The molecule has 3 nitrogen and oxygen atoms in total. The van der Waals surface area contributed by atoms with Crippen LogP contribution in [0.2, 0.25) is 0 Å². The zero-order chi connectivity index (χ0) is 41.9. The van der Waals surface area contributed by atoms with Crippen LogP contribution in [-0.2, 0) is 10.8 Å². The first kappa shape index (κ1) is 35.0. The van der Waals surface area contributed by atoms with Gasteiger partial charge in [-0.05, 0) is 126 Å². The van der Waals surface area contributed by atoms with E-state index in [1.165, 1.54) is 82.4 Å². The summed E-state index contributed by atoms with van der Waals surface area (Å²) in [6.45, 7) is 9.46. The molecular formula is C60H41NO2. The van der Waals surface area contributed by atoms with Crippen LogP contribution < -0.4 is 4.90 Å². The predicted molar refractivity (Wildman–Crippen MR) is 262 cm³/mol. The lowest BCUT2D eigenvalue weighted by molar-refractivity contribution is 0.660. The van der Waals surface area contributed by atoms with Gasteiger partial charge in [-0.25, -0.2) is 0 Å². The lowest BCUT2D eigenvalue weighted by Gasteiger charge is -2.31. The fourth-order valence-electron chi connectivity index (χ4n) is 11.9. The number of furan rings is 2. The summed E-state index contributed by atoms with van der Waals surface area (Å²) in [5, 5.41) is 9.45. The van der Waals surface area contributed by atoms with Crippen molar-refractivity contribution in [1.82, 2.24) is 0 Å². The molecule has 0 bridgehead atoms. The van der Waals surface area contributed by atoms with E-state index in [0.717, 1.165) is 55.7 Å². The molecule has 0 radical (unpaired) electrons. The molecule has 2 aliphatic carbocycles. The van der Waals surface area contributed by atoms with E-state index in [1.54, 1.807) is 0 Å². The highest BCUT2D eigenvalue weighted by molar-refractivity contribution is 6.35. The molecule has 0 aliphatic heterocycles. The van der Waals surface area contributed by atoms with E-state index in [1.807, 2.05) is 0 Å². The fourth-order valence-corrected chi connectivity index (χ4v) is 11.9. The molecule has 63 heavy (non-hydrogen) atoms. The van der Waals surface area contributed by atoms with Crippen molar-refractivity contribution in [1.29, 1.82) is 0 Å². The van der Waals surface area contributed by atoms with E-state index in [0.29, 0.717) is 0 Å². The highest BCUT2D eigenvalue weighted by Gasteiger charge is 2.39. The van der Waals surface area contributed by atoms with Crippen molar-refractivity contribution in [3.8, 4) is 33.4 Å². The Labute approximate surface area is 364 Å². The average molecular weight is 808 g/mol. The van der Waals surface area contributed by atoms with E-state index < -0.39 is 0 Å². The molecule has 3 heteroatoms.